The number of esters is 1. The molecule has 4 nitrogen and oxygen atoms in total. The SMILES string of the molecule is CC(C)(C)[Si](OC[C@@]1(C)C[C@]2(C)OC(=O)C[C@@H]2O1)(c1ccccc1)c1ccccc1. The normalized spacial score (nSPS) is 29.0. The van der Waals surface area contributed by atoms with Gasteiger partial charge in [0.15, 0.2) is 0 Å². The van der Waals surface area contributed by atoms with Gasteiger partial charge in [0.05, 0.1) is 18.6 Å². The fourth-order valence-corrected chi connectivity index (χ4v) is 9.96. The third-order valence-electron chi connectivity index (χ3n) is 6.54. The first kappa shape index (κ1) is 21.3. The second kappa shape index (κ2) is 7.33. The van der Waals surface area contributed by atoms with Crippen LogP contribution >= 0.6 is 0 Å². The van der Waals surface area contributed by atoms with Crippen LogP contribution in [0.4, 0.5) is 0 Å². The molecule has 0 amide bonds. The summed E-state index contributed by atoms with van der Waals surface area (Å²) in [7, 11) is -2.63. The van der Waals surface area contributed by atoms with E-state index in [0.29, 0.717) is 19.4 Å². The molecule has 2 heterocycles. The fourth-order valence-electron chi connectivity index (χ4n) is 5.29. The quantitative estimate of drug-likeness (QED) is 0.541. The van der Waals surface area contributed by atoms with Gasteiger partial charge < -0.3 is 13.9 Å². The second-order valence-electron chi connectivity index (χ2n) is 10.2. The van der Waals surface area contributed by atoms with Crippen molar-refractivity contribution in [2.24, 2.45) is 0 Å². The van der Waals surface area contributed by atoms with E-state index in [1.807, 2.05) is 19.1 Å². The number of fused-ring (bicyclic) bond motifs is 1. The Morgan fingerprint density at radius 1 is 1.00 bits per heavy atom. The van der Waals surface area contributed by atoms with Crippen LogP contribution in [0.25, 0.3) is 0 Å². The van der Waals surface area contributed by atoms with E-state index in [9.17, 15) is 4.79 Å². The summed E-state index contributed by atoms with van der Waals surface area (Å²) in [5, 5.41) is 2.42. The van der Waals surface area contributed by atoms with Gasteiger partial charge in [-0.05, 0) is 29.3 Å². The van der Waals surface area contributed by atoms with Crippen molar-refractivity contribution in [3.8, 4) is 0 Å². The van der Waals surface area contributed by atoms with E-state index in [4.69, 9.17) is 13.9 Å². The first-order valence-electron chi connectivity index (χ1n) is 10.7. The Bertz CT molecular complexity index is 868. The lowest BCUT2D eigenvalue weighted by Crippen LogP contribution is -2.67. The summed E-state index contributed by atoms with van der Waals surface area (Å²) < 4.78 is 19.1. The zero-order valence-corrected chi connectivity index (χ0v) is 19.6. The van der Waals surface area contributed by atoms with Gasteiger partial charge in [-0.3, -0.25) is 4.79 Å². The molecule has 160 valence electrons. The van der Waals surface area contributed by atoms with Gasteiger partial charge in [-0.1, -0.05) is 81.4 Å². The van der Waals surface area contributed by atoms with E-state index in [0.717, 1.165) is 0 Å². The first-order valence-corrected chi connectivity index (χ1v) is 12.6. The lowest BCUT2D eigenvalue weighted by Gasteiger charge is -2.44. The number of rotatable bonds is 5. The lowest BCUT2D eigenvalue weighted by atomic mass is 9.91. The van der Waals surface area contributed by atoms with Crippen LogP contribution in [0.1, 0.15) is 47.5 Å². The molecule has 2 aliphatic rings. The molecular weight excluding hydrogens is 392 g/mol. The predicted molar refractivity (Wildman–Crippen MR) is 121 cm³/mol. The number of carbonyl (C=O) groups excluding carboxylic acids is 1. The third kappa shape index (κ3) is 3.53. The molecule has 2 saturated heterocycles. The Morgan fingerprint density at radius 2 is 1.53 bits per heavy atom. The molecule has 0 spiro atoms. The molecule has 0 saturated carbocycles. The second-order valence-corrected chi connectivity index (χ2v) is 14.5. The standard InChI is InChI=1S/C25H32O4Si/c1-23(2,3)30(19-12-8-6-9-13-19,20-14-10-7-11-15-20)27-18-24(4)17-25(5)21(28-24)16-22(26)29-25/h6-15,21H,16-18H2,1-5H3/t21-,24+,25-/m0/s1. The molecule has 0 aromatic heterocycles. The van der Waals surface area contributed by atoms with Crippen molar-refractivity contribution in [2.45, 2.75) is 69.8 Å². The predicted octanol–water partition coefficient (Wildman–Crippen LogP) is 3.82. The van der Waals surface area contributed by atoms with Crippen molar-refractivity contribution < 1.29 is 18.7 Å². The summed E-state index contributed by atoms with van der Waals surface area (Å²) in [6.45, 7) is 11.3. The van der Waals surface area contributed by atoms with Crippen molar-refractivity contribution in [1.29, 1.82) is 0 Å². The fraction of sp³-hybridized carbons (Fsp3) is 0.480. The molecule has 5 heteroatoms. The monoisotopic (exact) mass is 424 g/mol. The van der Waals surface area contributed by atoms with Gasteiger partial charge in [0.1, 0.15) is 11.7 Å². The van der Waals surface area contributed by atoms with Gasteiger partial charge in [0.2, 0.25) is 0 Å². The molecule has 2 aliphatic heterocycles. The molecule has 2 aromatic rings. The summed E-state index contributed by atoms with van der Waals surface area (Å²) in [6.07, 6.45) is 0.776. The molecule has 0 radical (unpaired) electrons. The van der Waals surface area contributed by atoms with E-state index in [2.05, 4.69) is 76.2 Å². The minimum atomic E-state index is -2.63. The third-order valence-corrected chi connectivity index (χ3v) is 11.5. The van der Waals surface area contributed by atoms with Crippen LogP contribution in [0, 0.1) is 0 Å². The van der Waals surface area contributed by atoms with Crippen LogP contribution in [0.3, 0.4) is 0 Å². The van der Waals surface area contributed by atoms with Gasteiger partial charge in [0, 0.05) is 6.42 Å². The lowest BCUT2D eigenvalue weighted by molar-refractivity contribution is -0.147. The maximum absolute atomic E-state index is 11.8. The minimum absolute atomic E-state index is 0.0864. The topological polar surface area (TPSA) is 44.8 Å². The maximum Gasteiger partial charge on any atom is 0.309 e. The number of ether oxygens (including phenoxy) is 2. The highest BCUT2D eigenvalue weighted by atomic mass is 28.4. The number of carbonyl (C=O) groups is 1. The van der Waals surface area contributed by atoms with Gasteiger partial charge >= 0.3 is 5.97 Å². The molecule has 30 heavy (non-hydrogen) atoms. The van der Waals surface area contributed by atoms with Crippen LogP contribution in [0.2, 0.25) is 5.04 Å². The molecule has 2 fully saturated rings. The average Bonchev–Trinajstić information content (AvgIpc) is 3.08. The average molecular weight is 425 g/mol. The summed E-state index contributed by atoms with van der Waals surface area (Å²) in [5.74, 6) is -0.169. The van der Waals surface area contributed by atoms with Crippen LogP contribution in [0.15, 0.2) is 60.7 Å². The van der Waals surface area contributed by atoms with E-state index in [1.54, 1.807) is 0 Å². The number of hydrogen-bond donors (Lipinski definition) is 0. The van der Waals surface area contributed by atoms with Gasteiger partial charge in [0.25, 0.3) is 8.32 Å². The summed E-state index contributed by atoms with van der Waals surface area (Å²) in [5.41, 5.74) is -1.05. The molecule has 0 bridgehead atoms. The van der Waals surface area contributed by atoms with E-state index in [-0.39, 0.29) is 17.1 Å². The van der Waals surface area contributed by atoms with Crippen LogP contribution in [-0.2, 0) is 18.7 Å². The van der Waals surface area contributed by atoms with Crippen molar-refractivity contribution in [3.05, 3.63) is 60.7 Å². The zero-order chi connectivity index (χ0) is 21.6. The molecule has 3 atom stereocenters. The highest BCUT2D eigenvalue weighted by Gasteiger charge is 2.59. The van der Waals surface area contributed by atoms with Gasteiger partial charge in [-0.25, -0.2) is 0 Å². The van der Waals surface area contributed by atoms with Crippen molar-refractivity contribution in [1.82, 2.24) is 0 Å². The summed E-state index contributed by atoms with van der Waals surface area (Å²) in [6, 6.07) is 21.2. The summed E-state index contributed by atoms with van der Waals surface area (Å²) in [4.78, 5) is 11.8. The number of benzene rings is 2. The Labute approximate surface area is 180 Å². The van der Waals surface area contributed by atoms with E-state index < -0.39 is 19.5 Å². The minimum Gasteiger partial charge on any atom is -0.456 e. The van der Waals surface area contributed by atoms with Crippen molar-refractivity contribution in [3.63, 3.8) is 0 Å². The van der Waals surface area contributed by atoms with Crippen molar-refractivity contribution >= 4 is 24.7 Å². The molecule has 0 unspecified atom stereocenters. The van der Waals surface area contributed by atoms with Gasteiger partial charge in [-0.2, -0.15) is 0 Å². The molecule has 0 aliphatic carbocycles. The van der Waals surface area contributed by atoms with E-state index in [1.165, 1.54) is 10.4 Å². The largest absolute Gasteiger partial charge is 0.456 e. The van der Waals surface area contributed by atoms with Crippen LogP contribution in [0.5, 0.6) is 0 Å². The highest BCUT2D eigenvalue weighted by Crippen LogP contribution is 2.47. The zero-order valence-electron chi connectivity index (χ0n) is 18.6. The van der Waals surface area contributed by atoms with Gasteiger partial charge in [-0.15, -0.1) is 0 Å². The van der Waals surface area contributed by atoms with Crippen molar-refractivity contribution in [2.75, 3.05) is 6.61 Å². The number of hydrogen-bond acceptors (Lipinski definition) is 4. The summed E-state index contributed by atoms with van der Waals surface area (Å²) >= 11 is 0. The van der Waals surface area contributed by atoms with Crippen LogP contribution < -0.4 is 10.4 Å². The Kier molecular flexibility index (Phi) is 5.20. The Balaban J connectivity index is 1.70. The smallest absolute Gasteiger partial charge is 0.309 e. The Hall–Kier alpha value is -1.95. The first-order chi connectivity index (χ1) is 14.1. The molecule has 0 N–H and O–H groups in total. The molecule has 2 aromatic carbocycles. The maximum atomic E-state index is 11.8. The van der Waals surface area contributed by atoms with E-state index >= 15 is 0 Å². The molecular formula is C25H32O4Si. The highest BCUT2D eigenvalue weighted by molar-refractivity contribution is 6.99. The Morgan fingerprint density at radius 3 is 2.00 bits per heavy atom. The van der Waals surface area contributed by atoms with Crippen LogP contribution in [-0.4, -0.2) is 38.2 Å². The molecule has 4 rings (SSSR count).